The van der Waals surface area contributed by atoms with Crippen LogP contribution >= 0.6 is 0 Å². The first-order valence-corrected chi connectivity index (χ1v) is 9.04. The van der Waals surface area contributed by atoms with Crippen LogP contribution in [0.3, 0.4) is 0 Å². The number of aliphatic hydroxyl groups is 1. The predicted molar refractivity (Wildman–Crippen MR) is 92.1 cm³/mol. The third kappa shape index (κ3) is 4.67. The monoisotopic (exact) mass is 321 g/mol. The van der Waals surface area contributed by atoms with Gasteiger partial charge in [-0.3, -0.25) is 4.90 Å². The Labute approximate surface area is 140 Å². The lowest BCUT2D eigenvalue weighted by Gasteiger charge is -2.34. The molecule has 130 valence electrons. The molecule has 2 fully saturated rings. The van der Waals surface area contributed by atoms with Gasteiger partial charge in [-0.1, -0.05) is 31.9 Å². The van der Waals surface area contributed by atoms with Gasteiger partial charge in [0.2, 0.25) is 0 Å². The molecule has 1 atom stereocenters. The van der Waals surface area contributed by atoms with Crippen LogP contribution in [0.5, 0.6) is 0 Å². The number of allylic oxidation sites excluding steroid dienone is 1. The molecule has 1 aliphatic heterocycles. The molecule has 0 bridgehead atoms. The Morgan fingerprint density at radius 2 is 1.96 bits per heavy atom. The largest absolute Gasteiger partial charge is 0.460 e. The van der Waals surface area contributed by atoms with Crippen molar-refractivity contribution in [3.63, 3.8) is 0 Å². The molecule has 1 saturated carbocycles. The Kier molecular flexibility index (Phi) is 6.85. The molecular formula is C19H31NO3. The fraction of sp³-hybridized carbons (Fsp3) is 0.737. The second-order valence-corrected chi connectivity index (χ2v) is 6.81. The Morgan fingerprint density at radius 3 is 2.52 bits per heavy atom. The third-order valence-electron chi connectivity index (χ3n) is 5.11. The molecular weight excluding hydrogens is 290 g/mol. The summed E-state index contributed by atoms with van der Waals surface area (Å²) in [7, 11) is 0. The van der Waals surface area contributed by atoms with Crippen LogP contribution in [0.4, 0.5) is 0 Å². The normalized spacial score (nSPS) is 23.9. The van der Waals surface area contributed by atoms with Gasteiger partial charge in [0.25, 0.3) is 0 Å². The summed E-state index contributed by atoms with van der Waals surface area (Å²) in [5.41, 5.74) is -1.44. The molecule has 0 aromatic carbocycles. The van der Waals surface area contributed by atoms with E-state index in [4.69, 9.17) is 4.74 Å². The first-order chi connectivity index (χ1) is 11.1. The zero-order valence-corrected chi connectivity index (χ0v) is 14.4. The van der Waals surface area contributed by atoms with Crippen LogP contribution in [0.2, 0.25) is 0 Å². The maximum absolute atomic E-state index is 12.7. The van der Waals surface area contributed by atoms with Crippen LogP contribution in [0.1, 0.15) is 51.9 Å². The molecule has 1 saturated heterocycles. The Balaban J connectivity index is 1.95. The molecule has 1 aliphatic carbocycles. The molecule has 23 heavy (non-hydrogen) atoms. The van der Waals surface area contributed by atoms with Gasteiger partial charge in [-0.15, -0.1) is 6.58 Å². The van der Waals surface area contributed by atoms with Crippen molar-refractivity contribution in [2.75, 3.05) is 19.6 Å². The summed E-state index contributed by atoms with van der Waals surface area (Å²) in [6, 6.07) is 0. The summed E-state index contributed by atoms with van der Waals surface area (Å²) < 4.78 is 5.70. The third-order valence-corrected chi connectivity index (χ3v) is 5.11. The molecule has 2 aliphatic rings. The molecule has 4 nitrogen and oxygen atoms in total. The van der Waals surface area contributed by atoms with Crippen LogP contribution in [0.25, 0.3) is 0 Å². The van der Waals surface area contributed by atoms with Gasteiger partial charge in [-0.05, 0) is 38.2 Å². The fourth-order valence-electron chi connectivity index (χ4n) is 3.67. The van der Waals surface area contributed by atoms with E-state index in [-0.39, 0.29) is 12.0 Å². The van der Waals surface area contributed by atoms with Gasteiger partial charge in [0.15, 0.2) is 5.60 Å². The highest BCUT2D eigenvalue weighted by molar-refractivity contribution is 5.82. The van der Waals surface area contributed by atoms with E-state index in [0.717, 1.165) is 64.6 Å². The molecule has 1 heterocycles. The van der Waals surface area contributed by atoms with E-state index in [2.05, 4.69) is 11.5 Å². The molecule has 4 heteroatoms. The van der Waals surface area contributed by atoms with Crippen molar-refractivity contribution in [2.45, 2.75) is 63.6 Å². The Hall–Kier alpha value is -1.13. The number of nitrogens with zero attached hydrogens (tertiary/aromatic N) is 1. The van der Waals surface area contributed by atoms with Crippen molar-refractivity contribution in [1.29, 1.82) is 0 Å². The smallest absolute Gasteiger partial charge is 0.342 e. The quantitative estimate of drug-likeness (QED) is 0.578. The number of hydrogen-bond donors (Lipinski definition) is 1. The number of carbonyl (C=O) groups is 1. The van der Waals surface area contributed by atoms with Crippen LogP contribution < -0.4 is 0 Å². The van der Waals surface area contributed by atoms with E-state index < -0.39 is 11.6 Å². The lowest BCUT2D eigenvalue weighted by Crippen LogP contribution is -2.47. The lowest BCUT2D eigenvalue weighted by molar-refractivity contribution is -0.173. The van der Waals surface area contributed by atoms with E-state index in [0.29, 0.717) is 0 Å². The average molecular weight is 321 g/mol. The molecule has 2 rings (SSSR count). The maximum Gasteiger partial charge on any atom is 0.342 e. The summed E-state index contributed by atoms with van der Waals surface area (Å²) >= 11 is 0. The topological polar surface area (TPSA) is 49.8 Å². The fourth-order valence-corrected chi connectivity index (χ4v) is 3.67. The minimum absolute atomic E-state index is 0.00125. The highest BCUT2D eigenvalue weighted by Gasteiger charge is 2.45. The number of hydrogen-bond acceptors (Lipinski definition) is 4. The van der Waals surface area contributed by atoms with Crippen LogP contribution in [-0.4, -0.2) is 47.3 Å². The summed E-state index contributed by atoms with van der Waals surface area (Å²) in [6.45, 7) is 8.47. The van der Waals surface area contributed by atoms with E-state index in [1.165, 1.54) is 0 Å². The molecule has 0 spiro atoms. The van der Waals surface area contributed by atoms with Crippen molar-refractivity contribution in [2.24, 2.45) is 5.92 Å². The van der Waals surface area contributed by atoms with Gasteiger partial charge in [0.1, 0.15) is 6.10 Å². The van der Waals surface area contributed by atoms with Gasteiger partial charge in [0.05, 0.1) is 0 Å². The standard InChI is InChI=1S/C19H31NO3/c1-3-5-12-19(22,16-8-6-7-9-16)18(21)23-17-10-14-20(13-4-2)15-11-17/h4-5,12,16-17,22H,2-3,6-11,13-15H2,1H3/b12-5-/t19-/m0/s1. The molecule has 0 unspecified atom stereocenters. The van der Waals surface area contributed by atoms with E-state index in [1.807, 2.05) is 19.1 Å². The first-order valence-electron chi connectivity index (χ1n) is 9.04. The number of carbonyl (C=O) groups excluding carboxylic acids is 1. The number of rotatable bonds is 7. The Bertz CT molecular complexity index is 420. The summed E-state index contributed by atoms with van der Waals surface area (Å²) in [5.74, 6) is -0.449. The van der Waals surface area contributed by atoms with E-state index in [1.54, 1.807) is 6.08 Å². The highest BCUT2D eigenvalue weighted by atomic mass is 16.6. The minimum Gasteiger partial charge on any atom is -0.460 e. The molecule has 0 aromatic heterocycles. The zero-order chi connectivity index (χ0) is 16.7. The van der Waals surface area contributed by atoms with Gasteiger partial charge >= 0.3 is 5.97 Å². The van der Waals surface area contributed by atoms with Gasteiger partial charge < -0.3 is 9.84 Å². The number of piperidine rings is 1. The second-order valence-electron chi connectivity index (χ2n) is 6.81. The number of likely N-dealkylation sites (tertiary alicyclic amines) is 1. The molecule has 1 N–H and O–H groups in total. The maximum atomic E-state index is 12.7. The highest BCUT2D eigenvalue weighted by Crippen LogP contribution is 2.36. The number of ether oxygens (including phenoxy) is 1. The van der Waals surface area contributed by atoms with Gasteiger partial charge in [-0.2, -0.15) is 0 Å². The van der Waals surface area contributed by atoms with Crippen molar-refractivity contribution in [1.82, 2.24) is 4.90 Å². The first kappa shape index (κ1) is 18.2. The molecule has 0 amide bonds. The summed E-state index contributed by atoms with van der Waals surface area (Å²) in [5, 5.41) is 11.0. The minimum atomic E-state index is -1.44. The molecule has 0 radical (unpaired) electrons. The molecule has 0 aromatic rings. The van der Waals surface area contributed by atoms with Gasteiger partial charge in [0, 0.05) is 25.6 Å². The van der Waals surface area contributed by atoms with Crippen molar-refractivity contribution in [3.8, 4) is 0 Å². The van der Waals surface area contributed by atoms with Crippen molar-refractivity contribution in [3.05, 3.63) is 24.8 Å². The van der Waals surface area contributed by atoms with Crippen molar-refractivity contribution < 1.29 is 14.6 Å². The summed E-state index contributed by atoms with van der Waals surface area (Å²) in [4.78, 5) is 15.0. The van der Waals surface area contributed by atoms with Gasteiger partial charge in [-0.25, -0.2) is 4.79 Å². The van der Waals surface area contributed by atoms with E-state index in [9.17, 15) is 9.90 Å². The average Bonchev–Trinajstić information content (AvgIpc) is 3.09. The van der Waals surface area contributed by atoms with Crippen LogP contribution in [0, 0.1) is 5.92 Å². The van der Waals surface area contributed by atoms with E-state index >= 15 is 0 Å². The lowest BCUT2D eigenvalue weighted by atomic mass is 9.85. The Morgan fingerprint density at radius 1 is 1.30 bits per heavy atom. The van der Waals surface area contributed by atoms with Crippen LogP contribution in [0.15, 0.2) is 24.8 Å². The number of esters is 1. The summed E-state index contributed by atoms with van der Waals surface area (Å²) in [6.07, 6.45) is 11.8. The predicted octanol–water partition coefficient (Wildman–Crippen LogP) is 3.07. The zero-order valence-electron chi connectivity index (χ0n) is 14.4. The van der Waals surface area contributed by atoms with Crippen LogP contribution in [-0.2, 0) is 9.53 Å². The SMILES string of the molecule is C=CCN1CCC(OC(=O)[C@](O)(/C=C\CC)C2CCCC2)CC1. The second kappa shape index (κ2) is 8.65. The van der Waals surface area contributed by atoms with Crippen molar-refractivity contribution >= 4 is 5.97 Å².